The van der Waals surface area contributed by atoms with Crippen molar-refractivity contribution < 1.29 is 4.74 Å². The SMILES string of the molecule is CCc1c(C)nc(-c2ccc(Cl)cc2)nc1Oc1ccc(C)cc1. The van der Waals surface area contributed by atoms with Gasteiger partial charge in [-0.1, -0.05) is 36.2 Å². The number of ether oxygens (including phenoxy) is 1. The fourth-order valence-electron chi connectivity index (χ4n) is 2.51. The highest BCUT2D eigenvalue weighted by atomic mass is 35.5. The van der Waals surface area contributed by atoms with Crippen molar-refractivity contribution in [1.29, 1.82) is 0 Å². The first-order valence-electron chi connectivity index (χ1n) is 7.95. The van der Waals surface area contributed by atoms with Gasteiger partial charge >= 0.3 is 0 Å². The Kier molecular flexibility index (Phi) is 4.81. The van der Waals surface area contributed by atoms with Gasteiger partial charge in [0.05, 0.1) is 0 Å². The first kappa shape index (κ1) is 16.5. The maximum absolute atomic E-state index is 6.04. The van der Waals surface area contributed by atoms with Crippen LogP contribution in [0.1, 0.15) is 23.7 Å². The monoisotopic (exact) mass is 338 g/mol. The molecule has 24 heavy (non-hydrogen) atoms. The third kappa shape index (κ3) is 3.57. The van der Waals surface area contributed by atoms with Gasteiger partial charge in [0.1, 0.15) is 5.75 Å². The number of aryl methyl sites for hydroxylation is 2. The summed E-state index contributed by atoms with van der Waals surface area (Å²) in [4.78, 5) is 9.27. The molecule has 0 saturated carbocycles. The summed E-state index contributed by atoms with van der Waals surface area (Å²) in [5.74, 6) is 2.03. The van der Waals surface area contributed by atoms with E-state index in [4.69, 9.17) is 16.3 Å². The Hall–Kier alpha value is -2.39. The summed E-state index contributed by atoms with van der Waals surface area (Å²) in [5.41, 5.74) is 4.06. The van der Waals surface area contributed by atoms with E-state index in [1.54, 1.807) is 0 Å². The second-order valence-corrected chi connectivity index (χ2v) is 6.13. The van der Waals surface area contributed by atoms with E-state index in [0.29, 0.717) is 16.7 Å². The molecule has 122 valence electrons. The quantitative estimate of drug-likeness (QED) is 0.605. The van der Waals surface area contributed by atoms with E-state index < -0.39 is 0 Å². The molecule has 1 heterocycles. The Morgan fingerprint density at radius 3 is 2.21 bits per heavy atom. The van der Waals surface area contributed by atoms with Gasteiger partial charge in [0.15, 0.2) is 5.82 Å². The second-order valence-electron chi connectivity index (χ2n) is 5.69. The van der Waals surface area contributed by atoms with Crippen LogP contribution in [0.2, 0.25) is 5.02 Å². The molecule has 0 amide bonds. The van der Waals surface area contributed by atoms with Crippen LogP contribution in [0.4, 0.5) is 0 Å². The number of benzene rings is 2. The van der Waals surface area contributed by atoms with Crippen molar-refractivity contribution in [3.8, 4) is 23.0 Å². The van der Waals surface area contributed by atoms with E-state index in [1.165, 1.54) is 5.56 Å². The van der Waals surface area contributed by atoms with Crippen molar-refractivity contribution in [3.05, 3.63) is 70.4 Å². The molecule has 0 saturated heterocycles. The normalized spacial score (nSPS) is 10.7. The molecule has 0 fully saturated rings. The fraction of sp³-hybridized carbons (Fsp3) is 0.200. The Balaban J connectivity index is 2.03. The fourth-order valence-corrected chi connectivity index (χ4v) is 2.63. The summed E-state index contributed by atoms with van der Waals surface area (Å²) in [6, 6.07) is 15.5. The molecule has 0 unspecified atom stereocenters. The Labute approximate surface area is 147 Å². The van der Waals surface area contributed by atoms with Gasteiger partial charge in [-0.15, -0.1) is 0 Å². The molecule has 4 heteroatoms. The summed E-state index contributed by atoms with van der Waals surface area (Å²) < 4.78 is 6.04. The van der Waals surface area contributed by atoms with Gasteiger partial charge in [0.2, 0.25) is 5.88 Å². The molecule has 0 aliphatic heterocycles. The summed E-state index contributed by atoms with van der Waals surface area (Å²) in [6.45, 7) is 6.12. The highest BCUT2D eigenvalue weighted by Gasteiger charge is 2.13. The zero-order valence-electron chi connectivity index (χ0n) is 14.0. The number of halogens is 1. The highest BCUT2D eigenvalue weighted by Crippen LogP contribution is 2.29. The van der Waals surface area contributed by atoms with Crippen LogP contribution >= 0.6 is 11.6 Å². The minimum atomic E-state index is 0.610. The van der Waals surface area contributed by atoms with E-state index in [-0.39, 0.29) is 0 Å². The average molecular weight is 339 g/mol. The minimum Gasteiger partial charge on any atom is -0.439 e. The molecular weight excluding hydrogens is 320 g/mol. The molecule has 0 spiro atoms. The third-order valence-corrected chi connectivity index (χ3v) is 4.12. The predicted molar refractivity (Wildman–Crippen MR) is 97.8 cm³/mol. The van der Waals surface area contributed by atoms with Crippen molar-refractivity contribution >= 4 is 11.6 Å². The van der Waals surface area contributed by atoms with Gasteiger partial charge in [0, 0.05) is 21.8 Å². The number of hydrogen-bond acceptors (Lipinski definition) is 3. The van der Waals surface area contributed by atoms with Crippen molar-refractivity contribution in [2.45, 2.75) is 27.2 Å². The summed E-state index contributed by atoms with van der Waals surface area (Å²) in [5, 5.41) is 0.691. The third-order valence-electron chi connectivity index (χ3n) is 3.87. The van der Waals surface area contributed by atoms with Crippen LogP contribution in [0.15, 0.2) is 48.5 Å². The van der Waals surface area contributed by atoms with E-state index in [0.717, 1.165) is 29.0 Å². The molecule has 0 N–H and O–H groups in total. The number of aromatic nitrogens is 2. The molecule has 0 atom stereocenters. The lowest BCUT2D eigenvalue weighted by Gasteiger charge is -2.13. The van der Waals surface area contributed by atoms with Crippen LogP contribution in [0.3, 0.4) is 0 Å². The molecule has 3 rings (SSSR count). The first-order valence-corrected chi connectivity index (χ1v) is 8.32. The van der Waals surface area contributed by atoms with Gasteiger partial charge < -0.3 is 4.74 Å². The summed E-state index contributed by atoms with van der Waals surface area (Å²) >= 11 is 5.96. The Morgan fingerprint density at radius 1 is 0.917 bits per heavy atom. The van der Waals surface area contributed by atoms with Crippen molar-refractivity contribution in [1.82, 2.24) is 9.97 Å². The average Bonchev–Trinajstić information content (AvgIpc) is 2.57. The van der Waals surface area contributed by atoms with Crippen molar-refractivity contribution in [2.24, 2.45) is 0 Å². The maximum atomic E-state index is 6.04. The maximum Gasteiger partial charge on any atom is 0.226 e. The molecule has 0 aliphatic carbocycles. The van der Waals surface area contributed by atoms with Crippen LogP contribution in [0.5, 0.6) is 11.6 Å². The zero-order chi connectivity index (χ0) is 17.1. The highest BCUT2D eigenvalue weighted by molar-refractivity contribution is 6.30. The number of rotatable bonds is 4. The van der Waals surface area contributed by atoms with Crippen LogP contribution in [0.25, 0.3) is 11.4 Å². The second kappa shape index (κ2) is 7.02. The molecule has 0 radical (unpaired) electrons. The molecule has 0 bridgehead atoms. The largest absolute Gasteiger partial charge is 0.439 e. The van der Waals surface area contributed by atoms with E-state index in [9.17, 15) is 0 Å². The van der Waals surface area contributed by atoms with Crippen LogP contribution in [-0.4, -0.2) is 9.97 Å². The van der Waals surface area contributed by atoms with Crippen molar-refractivity contribution in [3.63, 3.8) is 0 Å². The summed E-state index contributed by atoms with van der Waals surface area (Å²) in [6.07, 6.45) is 0.813. The molecule has 0 aliphatic rings. The summed E-state index contributed by atoms with van der Waals surface area (Å²) in [7, 11) is 0. The standard InChI is InChI=1S/C20H19ClN2O/c1-4-18-14(3)22-19(15-7-9-16(21)10-8-15)23-20(18)24-17-11-5-13(2)6-12-17/h5-12H,4H2,1-3H3. The Bertz CT molecular complexity index is 843. The molecule has 3 aromatic rings. The lowest BCUT2D eigenvalue weighted by atomic mass is 10.1. The minimum absolute atomic E-state index is 0.610. The van der Waals surface area contributed by atoms with Crippen LogP contribution in [-0.2, 0) is 6.42 Å². The van der Waals surface area contributed by atoms with Gasteiger partial charge in [-0.2, -0.15) is 4.98 Å². The van der Waals surface area contributed by atoms with Crippen LogP contribution in [0, 0.1) is 13.8 Å². The lowest BCUT2D eigenvalue weighted by Crippen LogP contribution is -2.02. The van der Waals surface area contributed by atoms with Crippen molar-refractivity contribution in [2.75, 3.05) is 0 Å². The lowest BCUT2D eigenvalue weighted by molar-refractivity contribution is 0.455. The van der Waals surface area contributed by atoms with E-state index in [1.807, 2.05) is 55.5 Å². The van der Waals surface area contributed by atoms with Crippen LogP contribution < -0.4 is 4.74 Å². The van der Waals surface area contributed by atoms with Gasteiger partial charge in [-0.3, -0.25) is 0 Å². The molecule has 2 aromatic carbocycles. The smallest absolute Gasteiger partial charge is 0.226 e. The van der Waals surface area contributed by atoms with Gasteiger partial charge in [0.25, 0.3) is 0 Å². The predicted octanol–water partition coefficient (Wildman–Crippen LogP) is 5.77. The van der Waals surface area contributed by atoms with Gasteiger partial charge in [-0.25, -0.2) is 4.98 Å². The zero-order valence-corrected chi connectivity index (χ0v) is 14.8. The van der Waals surface area contributed by atoms with E-state index in [2.05, 4.69) is 23.8 Å². The first-order chi connectivity index (χ1) is 11.6. The Morgan fingerprint density at radius 2 is 1.58 bits per heavy atom. The number of nitrogens with zero attached hydrogens (tertiary/aromatic N) is 2. The molecule has 1 aromatic heterocycles. The molecular formula is C20H19ClN2O. The van der Waals surface area contributed by atoms with Gasteiger partial charge in [-0.05, 0) is 56.7 Å². The topological polar surface area (TPSA) is 35.0 Å². The number of hydrogen-bond donors (Lipinski definition) is 0. The van der Waals surface area contributed by atoms with E-state index >= 15 is 0 Å². The molecule has 3 nitrogen and oxygen atoms in total.